The number of carbonyl (C=O) groups excluding carboxylic acids is 3. The number of amides is 1. The molecule has 0 bridgehead atoms. The van der Waals surface area contributed by atoms with Crippen LogP contribution in [-0.4, -0.2) is 49.9 Å². The van der Waals surface area contributed by atoms with Crippen LogP contribution in [0.1, 0.15) is 32.7 Å². The molecule has 1 atom stereocenters. The Morgan fingerprint density at radius 2 is 1.78 bits per heavy atom. The molecule has 0 spiro atoms. The topological polar surface area (TPSA) is 128 Å². The number of ketones is 1. The van der Waals surface area contributed by atoms with Crippen LogP contribution < -0.4 is 5.32 Å². The molecule has 0 aromatic heterocycles. The molecule has 11 heteroatoms. The third kappa shape index (κ3) is 6.17. The quantitative estimate of drug-likeness (QED) is 0.298. The third-order valence-corrected chi connectivity index (χ3v) is 6.91. The number of methoxy groups -OCH3 is 1. The minimum absolute atomic E-state index is 0.00557. The van der Waals surface area contributed by atoms with Crippen molar-refractivity contribution in [1.29, 1.82) is 0 Å². The van der Waals surface area contributed by atoms with Crippen LogP contribution >= 0.6 is 19.2 Å². The highest BCUT2D eigenvalue weighted by atomic mass is 35.5. The molecule has 2 aromatic carbocycles. The summed E-state index contributed by atoms with van der Waals surface area (Å²) < 4.78 is 26.8. The minimum Gasteiger partial charge on any atom is -0.508 e. The molecular formula is C21H23ClNO8P. The second-order valence-corrected chi connectivity index (χ2v) is 9.33. The van der Waals surface area contributed by atoms with Gasteiger partial charge in [-0.05, 0) is 36.2 Å². The van der Waals surface area contributed by atoms with Gasteiger partial charge in [0, 0.05) is 26.2 Å². The van der Waals surface area contributed by atoms with E-state index in [1.807, 2.05) is 0 Å². The number of hydrogen-bond acceptors (Lipinski definition) is 8. The largest absolute Gasteiger partial charge is 0.508 e. The summed E-state index contributed by atoms with van der Waals surface area (Å²) in [5.74, 6) is -3.64. The second-order valence-electron chi connectivity index (χ2n) is 6.59. The molecule has 0 aliphatic carbocycles. The zero-order valence-corrected chi connectivity index (χ0v) is 19.3. The number of ether oxygens (including phenoxy) is 1. The average molecular weight is 484 g/mol. The molecule has 0 saturated heterocycles. The van der Waals surface area contributed by atoms with Crippen LogP contribution in [0, 0.1) is 0 Å². The Balaban J connectivity index is 2.13. The van der Waals surface area contributed by atoms with Gasteiger partial charge in [-0.3, -0.25) is 14.2 Å². The summed E-state index contributed by atoms with van der Waals surface area (Å²) in [6.45, 7) is 0. The van der Waals surface area contributed by atoms with Crippen LogP contribution in [0.3, 0.4) is 0 Å². The molecule has 0 saturated carbocycles. The highest BCUT2D eigenvalue weighted by Gasteiger charge is 2.42. The molecule has 2 N–H and O–H groups in total. The van der Waals surface area contributed by atoms with Crippen LogP contribution in [0.4, 0.5) is 0 Å². The minimum atomic E-state index is -4.02. The molecule has 2 aromatic rings. The number of aryl methyl sites for hydroxylation is 1. The Morgan fingerprint density at radius 3 is 2.34 bits per heavy atom. The van der Waals surface area contributed by atoms with E-state index >= 15 is 0 Å². The molecule has 0 aliphatic heterocycles. The summed E-state index contributed by atoms with van der Waals surface area (Å²) in [5, 5.41) is 11.8. The molecule has 2 rings (SSSR count). The summed E-state index contributed by atoms with van der Waals surface area (Å²) >= 11 is 6.23. The standard InChI is InChI=1S/C21H23ClNO8P/c1-29-21(27)20(32(28,30-2)31-3)23-19(26)16-9-7-13(11-17(16)22)8-10-18(25)14-5-4-6-15(24)12-14/h4-7,9,11-12,20,24H,8,10H2,1-3H3,(H,23,26). The Labute approximate surface area is 190 Å². The molecule has 32 heavy (non-hydrogen) atoms. The van der Waals surface area contributed by atoms with E-state index in [2.05, 4.69) is 10.1 Å². The molecule has 1 amide bonds. The first-order valence-electron chi connectivity index (χ1n) is 9.35. The lowest BCUT2D eigenvalue weighted by molar-refractivity contribution is -0.141. The molecule has 0 aliphatic rings. The first-order chi connectivity index (χ1) is 15.1. The highest BCUT2D eigenvalue weighted by molar-refractivity contribution is 7.55. The normalized spacial score (nSPS) is 12.1. The van der Waals surface area contributed by atoms with E-state index in [1.54, 1.807) is 18.2 Å². The lowest BCUT2D eigenvalue weighted by Crippen LogP contribution is -2.42. The van der Waals surface area contributed by atoms with Crippen molar-refractivity contribution in [1.82, 2.24) is 5.32 Å². The SMILES string of the molecule is COC(=O)C(NC(=O)c1ccc(CCC(=O)c2cccc(O)c2)cc1Cl)P(=O)(OC)OC. The number of rotatable bonds is 10. The number of hydrogen-bond donors (Lipinski definition) is 2. The van der Waals surface area contributed by atoms with Gasteiger partial charge >= 0.3 is 13.6 Å². The van der Waals surface area contributed by atoms with Gasteiger partial charge in [0.05, 0.1) is 17.7 Å². The molecule has 0 radical (unpaired) electrons. The van der Waals surface area contributed by atoms with Gasteiger partial charge in [0.25, 0.3) is 5.91 Å². The summed E-state index contributed by atoms with van der Waals surface area (Å²) in [6, 6.07) is 10.6. The van der Waals surface area contributed by atoms with Crippen molar-refractivity contribution in [2.75, 3.05) is 21.3 Å². The fourth-order valence-corrected chi connectivity index (χ4v) is 4.34. The first kappa shape index (κ1) is 25.5. The molecule has 172 valence electrons. The smallest absolute Gasteiger partial charge is 0.363 e. The predicted octanol–water partition coefficient (Wildman–Crippen LogP) is 3.58. The van der Waals surface area contributed by atoms with Gasteiger partial charge in [0.15, 0.2) is 5.78 Å². The Morgan fingerprint density at radius 1 is 1.09 bits per heavy atom. The molecule has 9 nitrogen and oxygen atoms in total. The number of phenolic OH excluding ortho intramolecular Hbond substituents is 1. The van der Waals surface area contributed by atoms with E-state index < -0.39 is 25.3 Å². The maximum Gasteiger partial charge on any atom is 0.363 e. The van der Waals surface area contributed by atoms with E-state index in [0.29, 0.717) is 17.5 Å². The number of benzene rings is 2. The molecule has 0 fully saturated rings. The maximum absolute atomic E-state index is 12.7. The van der Waals surface area contributed by atoms with Gasteiger partial charge in [0.2, 0.25) is 5.78 Å². The van der Waals surface area contributed by atoms with Crippen LogP contribution in [0.15, 0.2) is 42.5 Å². The number of carbonyl (C=O) groups is 3. The Hall–Kier alpha value is -2.71. The Bertz CT molecular complexity index is 1050. The van der Waals surface area contributed by atoms with Crippen molar-refractivity contribution >= 4 is 36.9 Å². The van der Waals surface area contributed by atoms with E-state index in [4.69, 9.17) is 20.6 Å². The van der Waals surface area contributed by atoms with E-state index in [0.717, 1.165) is 21.3 Å². The molecular weight excluding hydrogens is 461 g/mol. The van der Waals surface area contributed by atoms with Crippen LogP contribution in [0.25, 0.3) is 0 Å². The van der Waals surface area contributed by atoms with Crippen molar-refractivity contribution < 1.29 is 37.8 Å². The van der Waals surface area contributed by atoms with Crippen LogP contribution in [0.2, 0.25) is 5.02 Å². The zero-order valence-electron chi connectivity index (χ0n) is 17.7. The van der Waals surface area contributed by atoms with Gasteiger partial charge in [0.1, 0.15) is 5.75 Å². The van der Waals surface area contributed by atoms with Gasteiger partial charge in [-0.25, -0.2) is 4.79 Å². The highest BCUT2D eigenvalue weighted by Crippen LogP contribution is 2.50. The Kier molecular flexibility index (Phi) is 8.98. The fraction of sp³-hybridized carbons (Fsp3) is 0.286. The number of aromatic hydroxyl groups is 1. The van der Waals surface area contributed by atoms with Gasteiger partial charge in [-0.1, -0.05) is 29.8 Å². The maximum atomic E-state index is 12.7. The van der Waals surface area contributed by atoms with E-state index in [1.165, 1.54) is 24.3 Å². The average Bonchev–Trinajstić information content (AvgIpc) is 2.79. The van der Waals surface area contributed by atoms with Gasteiger partial charge in [-0.2, -0.15) is 0 Å². The third-order valence-electron chi connectivity index (χ3n) is 4.60. The van der Waals surface area contributed by atoms with E-state index in [-0.39, 0.29) is 28.5 Å². The van der Waals surface area contributed by atoms with Crippen LogP contribution in [-0.2, 0) is 29.6 Å². The second kappa shape index (κ2) is 11.2. The first-order valence-corrected chi connectivity index (χ1v) is 11.3. The van der Waals surface area contributed by atoms with Gasteiger partial charge in [-0.15, -0.1) is 0 Å². The van der Waals surface area contributed by atoms with E-state index in [9.17, 15) is 24.1 Å². The summed E-state index contributed by atoms with van der Waals surface area (Å²) in [6.07, 6.45) is 0.518. The molecule has 1 unspecified atom stereocenters. The summed E-state index contributed by atoms with van der Waals surface area (Å²) in [7, 11) is -0.805. The van der Waals surface area contributed by atoms with Crippen molar-refractivity contribution in [3.63, 3.8) is 0 Å². The van der Waals surface area contributed by atoms with Crippen molar-refractivity contribution in [3.8, 4) is 5.75 Å². The lowest BCUT2D eigenvalue weighted by Gasteiger charge is -2.23. The summed E-state index contributed by atoms with van der Waals surface area (Å²) in [5.41, 5.74) is 1.10. The van der Waals surface area contributed by atoms with Crippen molar-refractivity contribution in [3.05, 3.63) is 64.2 Å². The van der Waals surface area contributed by atoms with Crippen LogP contribution in [0.5, 0.6) is 5.75 Å². The van der Waals surface area contributed by atoms with Gasteiger partial charge < -0.3 is 24.2 Å². The zero-order chi connectivity index (χ0) is 23.9. The summed E-state index contributed by atoms with van der Waals surface area (Å²) in [4.78, 5) is 37.0. The van der Waals surface area contributed by atoms with Crippen molar-refractivity contribution in [2.45, 2.75) is 18.6 Å². The predicted molar refractivity (Wildman–Crippen MR) is 117 cm³/mol. The number of nitrogens with one attached hydrogen (secondary N) is 1. The monoisotopic (exact) mass is 483 g/mol. The van der Waals surface area contributed by atoms with Crippen molar-refractivity contribution in [2.24, 2.45) is 0 Å². The number of phenols is 1. The lowest BCUT2D eigenvalue weighted by atomic mass is 10.0. The number of esters is 1. The number of Topliss-reactive ketones (excluding diaryl/α,β-unsaturated/α-hetero) is 1. The fourth-order valence-electron chi connectivity index (χ4n) is 2.85. The molecule has 0 heterocycles. The number of halogens is 1.